The Labute approximate surface area is 111 Å². The fraction of sp³-hybridized carbons (Fsp3) is 0.286. The third-order valence-corrected chi connectivity index (χ3v) is 3.84. The number of rotatable bonds is 4. The molecule has 0 fully saturated rings. The molecule has 94 valence electrons. The molecular formula is C14H16N2OS. The number of hydrogen-bond acceptors (Lipinski definition) is 3. The highest BCUT2D eigenvalue weighted by molar-refractivity contribution is 7.09. The number of hydrogen-bond donors (Lipinski definition) is 1. The predicted octanol–water partition coefficient (Wildman–Crippen LogP) is 2.62. The van der Waals surface area contributed by atoms with Crippen LogP contribution in [0.15, 0.2) is 29.8 Å². The number of amides is 1. The molecule has 18 heavy (non-hydrogen) atoms. The van der Waals surface area contributed by atoms with Gasteiger partial charge in [0, 0.05) is 11.4 Å². The molecule has 1 amide bonds. The van der Waals surface area contributed by atoms with Crippen LogP contribution in [0.2, 0.25) is 0 Å². The monoisotopic (exact) mass is 260 g/mol. The fourth-order valence-corrected chi connectivity index (χ4v) is 2.48. The van der Waals surface area contributed by atoms with E-state index in [1.807, 2.05) is 25.1 Å². The Morgan fingerprint density at radius 1 is 1.33 bits per heavy atom. The summed E-state index contributed by atoms with van der Waals surface area (Å²) in [5.74, 6) is 0.0469. The highest BCUT2D eigenvalue weighted by Crippen LogP contribution is 2.12. The Morgan fingerprint density at radius 3 is 2.78 bits per heavy atom. The molecule has 2 aromatic rings. The van der Waals surface area contributed by atoms with Crippen LogP contribution >= 0.6 is 11.3 Å². The number of thiazole rings is 1. The molecule has 1 aromatic heterocycles. The van der Waals surface area contributed by atoms with Crippen molar-refractivity contribution in [1.82, 2.24) is 10.3 Å². The molecule has 2 rings (SSSR count). The normalized spacial score (nSPS) is 10.3. The molecule has 4 heteroatoms. The Balaban J connectivity index is 1.90. The molecule has 0 saturated heterocycles. The minimum Gasteiger partial charge on any atom is -0.352 e. The lowest BCUT2D eigenvalue weighted by Gasteiger charge is -2.07. The Hall–Kier alpha value is -1.68. The Kier molecular flexibility index (Phi) is 4.10. The van der Waals surface area contributed by atoms with Crippen molar-refractivity contribution in [3.63, 3.8) is 0 Å². The van der Waals surface area contributed by atoms with Crippen LogP contribution in [-0.2, 0) is 17.8 Å². The fourth-order valence-electron chi connectivity index (χ4n) is 1.71. The Bertz CT molecular complexity index is 548. The zero-order valence-corrected chi connectivity index (χ0v) is 11.4. The molecule has 0 bridgehead atoms. The molecule has 1 N–H and O–H groups in total. The van der Waals surface area contributed by atoms with Crippen LogP contribution in [0.25, 0.3) is 0 Å². The van der Waals surface area contributed by atoms with E-state index >= 15 is 0 Å². The van der Waals surface area contributed by atoms with Crippen LogP contribution in [0, 0.1) is 13.8 Å². The third kappa shape index (κ3) is 3.17. The second-order valence-electron chi connectivity index (χ2n) is 4.24. The number of nitrogens with zero attached hydrogens (tertiary/aromatic N) is 1. The predicted molar refractivity (Wildman–Crippen MR) is 73.6 cm³/mol. The van der Waals surface area contributed by atoms with E-state index < -0.39 is 0 Å². The maximum absolute atomic E-state index is 11.8. The summed E-state index contributed by atoms with van der Waals surface area (Å²) in [4.78, 5) is 17.0. The van der Waals surface area contributed by atoms with Crippen molar-refractivity contribution < 1.29 is 4.79 Å². The van der Waals surface area contributed by atoms with Gasteiger partial charge in [0.2, 0.25) is 5.91 Å². The minimum absolute atomic E-state index is 0.0469. The van der Waals surface area contributed by atoms with Gasteiger partial charge in [-0.15, -0.1) is 11.3 Å². The summed E-state index contributed by atoms with van der Waals surface area (Å²) in [5.41, 5.74) is 5.09. The lowest BCUT2D eigenvalue weighted by molar-refractivity contribution is -0.120. The van der Waals surface area contributed by atoms with Crippen LogP contribution in [0.1, 0.15) is 21.7 Å². The first kappa shape index (κ1) is 12.8. The van der Waals surface area contributed by atoms with E-state index in [2.05, 4.69) is 23.3 Å². The quantitative estimate of drug-likeness (QED) is 0.918. The maximum atomic E-state index is 11.8. The summed E-state index contributed by atoms with van der Waals surface area (Å²) in [6.07, 6.45) is 0.419. The van der Waals surface area contributed by atoms with E-state index in [-0.39, 0.29) is 5.91 Å². The van der Waals surface area contributed by atoms with Crippen molar-refractivity contribution in [2.75, 3.05) is 0 Å². The summed E-state index contributed by atoms with van der Waals surface area (Å²) in [7, 11) is 0. The number of aryl methyl sites for hydroxylation is 2. The number of aromatic nitrogens is 1. The van der Waals surface area contributed by atoms with Crippen molar-refractivity contribution in [2.45, 2.75) is 26.8 Å². The highest BCUT2D eigenvalue weighted by Gasteiger charge is 2.08. The van der Waals surface area contributed by atoms with Gasteiger partial charge in [0.15, 0.2) is 0 Å². The molecule has 3 nitrogen and oxygen atoms in total. The lowest BCUT2D eigenvalue weighted by atomic mass is 10.1. The average Bonchev–Trinajstić information content (AvgIpc) is 2.74. The van der Waals surface area contributed by atoms with E-state index in [4.69, 9.17) is 0 Å². The second kappa shape index (κ2) is 5.78. The molecule has 0 aliphatic rings. The van der Waals surface area contributed by atoms with Crippen LogP contribution in [0.4, 0.5) is 0 Å². The topological polar surface area (TPSA) is 42.0 Å². The molecule has 0 spiro atoms. The van der Waals surface area contributed by atoms with Gasteiger partial charge in [0.1, 0.15) is 0 Å². The van der Waals surface area contributed by atoms with E-state index in [1.54, 1.807) is 5.51 Å². The summed E-state index contributed by atoms with van der Waals surface area (Å²) in [6, 6.07) is 8.07. The SMILES string of the molecule is Cc1ccccc1CNC(=O)Cc1scnc1C. The van der Waals surface area contributed by atoms with Gasteiger partial charge in [-0.1, -0.05) is 24.3 Å². The standard InChI is InChI=1S/C14H16N2OS/c1-10-5-3-4-6-12(10)8-15-14(17)7-13-11(2)16-9-18-13/h3-6,9H,7-8H2,1-2H3,(H,15,17). The first-order valence-electron chi connectivity index (χ1n) is 5.87. The van der Waals surface area contributed by atoms with Gasteiger partial charge in [-0.2, -0.15) is 0 Å². The molecular weight excluding hydrogens is 244 g/mol. The smallest absolute Gasteiger partial charge is 0.225 e. The van der Waals surface area contributed by atoms with Crippen LogP contribution < -0.4 is 5.32 Å². The Morgan fingerprint density at radius 2 is 2.11 bits per heavy atom. The largest absolute Gasteiger partial charge is 0.352 e. The van der Waals surface area contributed by atoms with E-state index in [1.165, 1.54) is 16.9 Å². The molecule has 0 radical (unpaired) electrons. The van der Waals surface area contributed by atoms with Crippen LogP contribution in [0.5, 0.6) is 0 Å². The third-order valence-electron chi connectivity index (χ3n) is 2.90. The van der Waals surface area contributed by atoms with Gasteiger partial charge in [0.25, 0.3) is 0 Å². The van der Waals surface area contributed by atoms with Crippen molar-refractivity contribution in [2.24, 2.45) is 0 Å². The lowest BCUT2D eigenvalue weighted by Crippen LogP contribution is -2.24. The number of nitrogens with one attached hydrogen (secondary N) is 1. The second-order valence-corrected chi connectivity index (χ2v) is 5.18. The van der Waals surface area contributed by atoms with Gasteiger partial charge in [-0.05, 0) is 25.0 Å². The first-order valence-corrected chi connectivity index (χ1v) is 6.75. The molecule has 0 atom stereocenters. The van der Waals surface area contributed by atoms with Crippen LogP contribution in [-0.4, -0.2) is 10.9 Å². The maximum Gasteiger partial charge on any atom is 0.225 e. The van der Waals surface area contributed by atoms with Crippen LogP contribution in [0.3, 0.4) is 0 Å². The summed E-state index contributed by atoms with van der Waals surface area (Å²) in [6.45, 7) is 4.57. The zero-order valence-electron chi connectivity index (χ0n) is 10.6. The van der Waals surface area contributed by atoms with Crippen molar-refractivity contribution in [1.29, 1.82) is 0 Å². The van der Waals surface area contributed by atoms with Gasteiger partial charge in [-0.3, -0.25) is 4.79 Å². The van der Waals surface area contributed by atoms with Crippen molar-refractivity contribution in [3.05, 3.63) is 51.5 Å². The molecule has 0 saturated carbocycles. The number of carbonyl (C=O) groups excluding carboxylic acids is 1. The first-order chi connectivity index (χ1) is 8.66. The van der Waals surface area contributed by atoms with E-state index in [9.17, 15) is 4.79 Å². The van der Waals surface area contributed by atoms with E-state index in [0.717, 1.165) is 16.1 Å². The van der Waals surface area contributed by atoms with Gasteiger partial charge in [0.05, 0.1) is 17.6 Å². The molecule has 1 aromatic carbocycles. The minimum atomic E-state index is 0.0469. The van der Waals surface area contributed by atoms with Gasteiger partial charge < -0.3 is 5.32 Å². The zero-order chi connectivity index (χ0) is 13.0. The molecule has 0 aliphatic carbocycles. The van der Waals surface area contributed by atoms with Gasteiger partial charge >= 0.3 is 0 Å². The molecule has 0 unspecified atom stereocenters. The van der Waals surface area contributed by atoms with Crippen molar-refractivity contribution >= 4 is 17.2 Å². The number of benzene rings is 1. The summed E-state index contributed by atoms with van der Waals surface area (Å²) < 4.78 is 0. The number of carbonyl (C=O) groups is 1. The molecule has 0 aliphatic heterocycles. The van der Waals surface area contributed by atoms with E-state index in [0.29, 0.717) is 13.0 Å². The average molecular weight is 260 g/mol. The molecule has 1 heterocycles. The summed E-state index contributed by atoms with van der Waals surface area (Å²) >= 11 is 1.53. The van der Waals surface area contributed by atoms with Gasteiger partial charge in [-0.25, -0.2) is 4.98 Å². The summed E-state index contributed by atoms with van der Waals surface area (Å²) in [5, 5.41) is 2.95. The highest BCUT2D eigenvalue weighted by atomic mass is 32.1. The van der Waals surface area contributed by atoms with Crippen molar-refractivity contribution in [3.8, 4) is 0 Å².